The van der Waals surface area contributed by atoms with Gasteiger partial charge in [-0.2, -0.15) is 0 Å². The van der Waals surface area contributed by atoms with Gasteiger partial charge in [-0.3, -0.25) is 0 Å². The van der Waals surface area contributed by atoms with E-state index in [4.69, 9.17) is 0 Å². The molecule has 0 aliphatic heterocycles. The van der Waals surface area contributed by atoms with Crippen LogP contribution < -0.4 is 0 Å². The molecule has 0 fully saturated rings. The summed E-state index contributed by atoms with van der Waals surface area (Å²) < 4.78 is 0. The van der Waals surface area contributed by atoms with E-state index in [9.17, 15) is 0 Å². The van der Waals surface area contributed by atoms with E-state index in [-0.39, 0.29) is 17.6 Å². The van der Waals surface area contributed by atoms with E-state index in [1.54, 1.807) is 19.1 Å². The molecule has 0 aromatic rings. The van der Waals surface area contributed by atoms with Crippen LogP contribution >= 0.6 is 0 Å². The Bertz CT molecular complexity index is 8.00. The van der Waals surface area contributed by atoms with Crippen molar-refractivity contribution in [3.8, 4) is 0 Å². The van der Waals surface area contributed by atoms with Crippen molar-refractivity contribution in [1.82, 2.24) is 0 Å². The van der Waals surface area contributed by atoms with E-state index in [0.29, 0.717) is 16.9 Å². The zero-order valence-corrected chi connectivity index (χ0v) is 7.61. The van der Waals surface area contributed by atoms with Crippen molar-refractivity contribution in [2.45, 2.75) is 4.97 Å². The quantitative estimate of drug-likeness (QED) is 0.440. The molecule has 0 aliphatic carbocycles. The Labute approximate surface area is 57.7 Å². The predicted molar refractivity (Wildman–Crippen MR) is 31.5 cm³/mol. The van der Waals surface area contributed by atoms with E-state index in [1.165, 1.54) is 0 Å². The molecule has 0 spiro atoms. The maximum absolute atomic E-state index is 2.31. The third-order valence-electron chi connectivity index (χ3n) is 0. The molecule has 0 nitrogen and oxygen atoms in total. The van der Waals surface area contributed by atoms with Gasteiger partial charge in [0.25, 0.3) is 0 Å². The Balaban J connectivity index is 0. The summed E-state index contributed by atoms with van der Waals surface area (Å²) in [7, 11) is 0. The summed E-state index contributed by atoms with van der Waals surface area (Å²) in [5, 5.41) is 0. The molecule has 0 radical (unpaired) electrons. The van der Waals surface area contributed by atoms with Crippen LogP contribution in [0.3, 0.4) is 0 Å². The van der Waals surface area contributed by atoms with Crippen molar-refractivity contribution in [3.05, 3.63) is 0 Å². The summed E-state index contributed by atoms with van der Waals surface area (Å²) in [5.74, 6) is 0. The summed E-state index contributed by atoms with van der Waals surface area (Å²) >= 11 is 2.15. The molecule has 0 amide bonds. The normalized spacial score (nSPS) is 4.50. The van der Waals surface area contributed by atoms with Gasteiger partial charge in [0.2, 0.25) is 0 Å². The Morgan fingerprint density at radius 3 is 1.75 bits per heavy atom. The molecule has 0 aromatic heterocycles. The summed E-state index contributed by atoms with van der Waals surface area (Å²) in [6, 6.07) is 0. The molecular formula is CH9GeSbTe. The van der Waals surface area contributed by atoms with Crippen molar-refractivity contribution < 1.29 is 0 Å². The van der Waals surface area contributed by atoms with Crippen LogP contribution in [0.2, 0.25) is 4.97 Å². The monoisotopic (exact) mass is 346 g/mol. The van der Waals surface area contributed by atoms with Crippen molar-refractivity contribution in [3.63, 3.8) is 0 Å². The van der Waals surface area contributed by atoms with E-state index in [2.05, 4.69) is 4.97 Å². The van der Waals surface area contributed by atoms with Gasteiger partial charge in [-0.05, 0) is 0 Å². The molecule has 28 valence electrons. The average molecular weight is 343 g/mol. The first-order valence-corrected chi connectivity index (χ1v) is 13.3. The van der Waals surface area contributed by atoms with Gasteiger partial charge >= 0.3 is 58.5 Å². The van der Waals surface area contributed by atoms with Crippen LogP contribution in [0.4, 0.5) is 0 Å². The van der Waals surface area contributed by atoms with Gasteiger partial charge in [-0.25, -0.2) is 0 Å². The minimum atomic E-state index is 0. The van der Waals surface area contributed by atoms with Crippen LogP contribution in [0.1, 0.15) is 0 Å². The molecule has 0 bridgehead atoms. The Morgan fingerprint density at radius 1 is 1.75 bits per heavy atom. The summed E-state index contributed by atoms with van der Waals surface area (Å²) in [4.78, 5) is 2.31. The van der Waals surface area contributed by atoms with Crippen LogP contribution in [0, 0.1) is 0 Å². The van der Waals surface area contributed by atoms with E-state index in [0.717, 1.165) is 0 Å². The molecule has 3 heteroatoms. The standard InChI is InChI=1S/CH4Te.GeH4.Sb.2H/c1-2;;;;/h2H,1H3;1H4;;;/q;;+1;;/p-1. The third-order valence-corrected chi connectivity index (χ3v) is 0. The first-order valence-electron chi connectivity index (χ1n) is 0.644. The first kappa shape index (κ1) is 9.47. The molecular weight excluding hydrogens is 334 g/mol. The van der Waals surface area contributed by atoms with Gasteiger partial charge in [0.15, 0.2) is 0 Å². The number of hydrogen-bond acceptors (Lipinski definition) is 0. The summed E-state index contributed by atoms with van der Waals surface area (Å²) in [6.07, 6.45) is 0. The van der Waals surface area contributed by atoms with Crippen LogP contribution in [-0.2, 0) is 0 Å². The maximum atomic E-state index is 2.31. The molecule has 0 unspecified atom stereocenters. The van der Waals surface area contributed by atoms with E-state index >= 15 is 0 Å². The summed E-state index contributed by atoms with van der Waals surface area (Å²) in [5.41, 5.74) is 0. The molecule has 4 heavy (non-hydrogen) atoms. The van der Waals surface area contributed by atoms with Crippen molar-refractivity contribution in [2.24, 2.45) is 0 Å². The fourth-order valence-corrected chi connectivity index (χ4v) is 0. The zero-order chi connectivity index (χ0) is 2.71. The molecule has 0 aromatic carbocycles. The van der Waals surface area contributed by atoms with Gasteiger partial charge in [0, 0.05) is 0 Å². The Morgan fingerprint density at radius 2 is 1.75 bits per heavy atom. The Hall–Kier alpha value is 2.15. The fourth-order valence-electron chi connectivity index (χ4n) is 0. The molecule has 0 aliphatic rings. The average Bonchev–Trinajstić information content (AvgIpc) is 0.918. The molecule has 0 atom stereocenters. The van der Waals surface area contributed by atoms with Crippen molar-refractivity contribution in [1.29, 1.82) is 0 Å². The fraction of sp³-hybridized carbons (Fsp3) is 1.00. The second-order valence-corrected chi connectivity index (χ2v) is 10.6. The van der Waals surface area contributed by atoms with Gasteiger partial charge in [-0.1, -0.05) is 0 Å². The predicted octanol–water partition coefficient (Wildman–Crippen LogP) is -2.16. The molecule has 0 N–H and O–H groups in total. The van der Waals surface area contributed by atoms with Crippen LogP contribution in [0.15, 0.2) is 0 Å². The molecule has 0 heterocycles. The van der Waals surface area contributed by atoms with Crippen LogP contribution in [0.5, 0.6) is 0 Å². The second kappa shape index (κ2) is 8.94. The molecule has 0 saturated carbocycles. The molecule has 0 saturated heterocycles. The van der Waals surface area contributed by atoms with Gasteiger partial charge in [0.1, 0.15) is 0 Å². The SMILES string of the molecule is C[Te][SbH2].[GeH4]. The zero-order valence-electron chi connectivity index (χ0n) is 1.99. The van der Waals surface area contributed by atoms with E-state index in [1.807, 2.05) is 0 Å². The minimum absolute atomic E-state index is 0. The topological polar surface area (TPSA) is 0 Å². The van der Waals surface area contributed by atoms with Gasteiger partial charge in [0.05, 0.1) is 0 Å². The first-order chi connectivity index (χ1) is 1.41. The molecule has 0 rings (SSSR count). The van der Waals surface area contributed by atoms with Crippen molar-refractivity contribution in [2.75, 3.05) is 0 Å². The second-order valence-electron chi connectivity index (χ2n) is 0.236. The Kier molecular flexibility index (Phi) is 21.2. The van der Waals surface area contributed by atoms with Crippen molar-refractivity contribution >= 4 is 53.5 Å². The van der Waals surface area contributed by atoms with Gasteiger partial charge < -0.3 is 0 Å². The van der Waals surface area contributed by atoms with Gasteiger partial charge in [-0.15, -0.1) is 0 Å². The summed E-state index contributed by atoms with van der Waals surface area (Å²) in [6.45, 7) is 0. The third kappa shape index (κ3) is 8.91. The van der Waals surface area contributed by atoms with Crippen LogP contribution in [-0.4, -0.2) is 53.5 Å². The number of rotatable bonds is 0. The van der Waals surface area contributed by atoms with Crippen LogP contribution in [0.25, 0.3) is 0 Å². The number of hydrogen-bond donors (Lipinski definition) is 0. The van der Waals surface area contributed by atoms with E-state index < -0.39 is 0 Å².